The SMILES string of the molecule is CC(CCc1ccccc1F)C(=O)N1CC2CCC(N)C2C1. The molecule has 3 rings (SSSR count). The molecule has 22 heavy (non-hydrogen) atoms. The number of carbonyl (C=O) groups is 1. The Morgan fingerprint density at radius 2 is 2.14 bits per heavy atom. The van der Waals surface area contributed by atoms with E-state index in [0.717, 1.165) is 25.9 Å². The van der Waals surface area contributed by atoms with E-state index in [1.54, 1.807) is 12.1 Å². The zero-order valence-corrected chi connectivity index (χ0v) is 13.2. The lowest BCUT2D eigenvalue weighted by atomic mass is 9.98. The summed E-state index contributed by atoms with van der Waals surface area (Å²) in [5.74, 6) is 1.05. The molecule has 4 atom stereocenters. The van der Waals surface area contributed by atoms with Crippen LogP contribution in [0.1, 0.15) is 31.7 Å². The van der Waals surface area contributed by atoms with Crippen molar-refractivity contribution in [3.05, 3.63) is 35.6 Å². The van der Waals surface area contributed by atoms with Gasteiger partial charge in [0.2, 0.25) is 5.91 Å². The van der Waals surface area contributed by atoms with Crippen LogP contribution in [0.25, 0.3) is 0 Å². The number of likely N-dealkylation sites (tertiary alicyclic amines) is 1. The second-order valence-corrected chi connectivity index (χ2v) is 6.94. The fourth-order valence-electron chi connectivity index (χ4n) is 4.00. The lowest BCUT2D eigenvalue weighted by Crippen LogP contribution is -2.36. The normalized spacial score (nSPS) is 28.7. The van der Waals surface area contributed by atoms with Crippen molar-refractivity contribution in [2.45, 2.75) is 38.6 Å². The summed E-state index contributed by atoms with van der Waals surface area (Å²) >= 11 is 0. The molecule has 2 aliphatic rings. The van der Waals surface area contributed by atoms with E-state index in [0.29, 0.717) is 30.2 Å². The average Bonchev–Trinajstić information content (AvgIpc) is 3.08. The van der Waals surface area contributed by atoms with Crippen molar-refractivity contribution in [2.75, 3.05) is 13.1 Å². The minimum atomic E-state index is -0.177. The van der Waals surface area contributed by atoms with Crippen molar-refractivity contribution in [3.63, 3.8) is 0 Å². The first-order chi connectivity index (χ1) is 10.6. The lowest BCUT2D eigenvalue weighted by Gasteiger charge is -2.22. The summed E-state index contributed by atoms with van der Waals surface area (Å²) < 4.78 is 13.6. The highest BCUT2D eigenvalue weighted by atomic mass is 19.1. The fraction of sp³-hybridized carbons (Fsp3) is 0.611. The molecule has 0 spiro atoms. The third kappa shape index (κ3) is 3.02. The van der Waals surface area contributed by atoms with E-state index >= 15 is 0 Å². The molecule has 4 heteroatoms. The van der Waals surface area contributed by atoms with Crippen LogP contribution in [0.5, 0.6) is 0 Å². The van der Waals surface area contributed by atoms with E-state index in [4.69, 9.17) is 5.73 Å². The summed E-state index contributed by atoms with van der Waals surface area (Å²) in [6, 6.07) is 7.07. The summed E-state index contributed by atoms with van der Waals surface area (Å²) in [5, 5.41) is 0. The molecule has 2 N–H and O–H groups in total. The van der Waals surface area contributed by atoms with E-state index in [1.165, 1.54) is 6.07 Å². The van der Waals surface area contributed by atoms with Gasteiger partial charge in [0.1, 0.15) is 5.82 Å². The largest absolute Gasteiger partial charge is 0.342 e. The van der Waals surface area contributed by atoms with Crippen LogP contribution in [0, 0.1) is 23.6 Å². The van der Waals surface area contributed by atoms with Gasteiger partial charge in [-0.15, -0.1) is 0 Å². The zero-order valence-electron chi connectivity index (χ0n) is 13.2. The van der Waals surface area contributed by atoms with Crippen molar-refractivity contribution >= 4 is 5.91 Å². The Morgan fingerprint density at radius 3 is 2.86 bits per heavy atom. The number of amides is 1. The molecule has 1 saturated heterocycles. The Hall–Kier alpha value is -1.42. The average molecular weight is 304 g/mol. The Kier molecular flexibility index (Phi) is 4.48. The van der Waals surface area contributed by atoms with E-state index in [1.807, 2.05) is 17.9 Å². The summed E-state index contributed by atoms with van der Waals surface area (Å²) in [4.78, 5) is 14.6. The van der Waals surface area contributed by atoms with Crippen LogP contribution >= 0.6 is 0 Å². The zero-order chi connectivity index (χ0) is 15.7. The van der Waals surface area contributed by atoms with Crippen molar-refractivity contribution in [2.24, 2.45) is 23.5 Å². The van der Waals surface area contributed by atoms with Gasteiger partial charge in [-0.3, -0.25) is 4.79 Å². The van der Waals surface area contributed by atoms with Crippen LogP contribution in [-0.4, -0.2) is 29.9 Å². The van der Waals surface area contributed by atoms with Gasteiger partial charge in [0.15, 0.2) is 0 Å². The van der Waals surface area contributed by atoms with Crippen LogP contribution in [0.15, 0.2) is 24.3 Å². The van der Waals surface area contributed by atoms with Gasteiger partial charge in [-0.05, 0) is 49.1 Å². The number of nitrogens with zero attached hydrogens (tertiary/aromatic N) is 1. The molecule has 3 nitrogen and oxygen atoms in total. The van der Waals surface area contributed by atoms with Gasteiger partial charge in [-0.2, -0.15) is 0 Å². The molecule has 4 unspecified atom stereocenters. The topological polar surface area (TPSA) is 46.3 Å². The smallest absolute Gasteiger partial charge is 0.225 e. The molecular weight excluding hydrogens is 279 g/mol. The highest BCUT2D eigenvalue weighted by Crippen LogP contribution is 2.37. The van der Waals surface area contributed by atoms with Crippen LogP contribution in [-0.2, 0) is 11.2 Å². The second-order valence-electron chi connectivity index (χ2n) is 6.94. The molecule has 120 valence electrons. The number of rotatable bonds is 4. The quantitative estimate of drug-likeness (QED) is 0.929. The number of aryl methyl sites for hydroxylation is 1. The van der Waals surface area contributed by atoms with Crippen molar-refractivity contribution in [1.82, 2.24) is 4.90 Å². The van der Waals surface area contributed by atoms with Gasteiger partial charge in [-0.25, -0.2) is 4.39 Å². The van der Waals surface area contributed by atoms with Crippen LogP contribution in [0.2, 0.25) is 0 Å². The predicted molar refractivity (Wildman–Crippen MR) is 84.7 cm³/mol. The number of hydrogen-bond acceptors (Lipinski definition) is 2. The van der Waals surface area contributed by atoms with Crippen molar-refractivity contribution in [1.29, 1.82) is 0 Å². The maximum Gasteiger partial charge on any atom is 0.225 e. The molecule has 0 radical (unpaired) electrons. The number of hydrogen-bond donors (Lipinski definition) is 1. The highest BCUT2D eigenvalue weighted by molar-refractivity contribution is 5.78. The standard InChI is InChI=1S/C18H25FN2O/c1-12(6-7-13-4-2-3-5-16(13)19)18(22)21-10-14-8-9-17(20)15(14)11-21/h2-5,12,14-15,17H,6-11,20H2,1H3. The summed E-state index contributed by atoms with van der Waals surface area (Å²) in [6.45, 7) is 3.63. The van der Waals surface area contributed by atoms with Crippen LogP contribution in [0.4, 0.5) is 4.39 Å². The van der Waals surface area contributed by atoms with Gasteiger partial charge in [0.05, 0.1) is 0 Å². The number of benzene rings is 1. The number of nitrogens with two attached hydrogens (primary N) is 1. The Morgan fingerprint density at radius 1 is 1.36 bits per heavy atom. The van der Waals surface area contributed by atoms with Gasteiger partial charge in [0, 0.05) is 25.0 Å². The lowest BCUT2D eigenvalue weighted by molar-refractivity contribution is -0.134. The minimum absolute atomic E-state index is 0.0605. The summed E-state index contributed by atoms with van der Waals surface area (Å²) in [5.41, 5.74) is 6.83. The molecular formula is C18H25FN2O. The third-order valence-corrected chi connectivity index (χ3v) is 5.45. The Bertz CT molecular complexity index is 548. The first-order valence-electron chi connectivity index (χ1n) is 8.34. The molecule has 1 heterocycles. The highest BCUT2D eigenvalue weighted by Gasteiger charge is 2.42. The van der Waals surface area contributed by atoms with Gasteiger partial charge in [-0.1, -0.05) is 25.1 Å². The maximum absolute atomic E-state index is 13.6. The molecule has 2 fully saturated rings. The van der Waals surface area contributed by atoms with Gasteiger partial charge < -0.3 is 10.6 Å². The van der Waals surface area contributed by atoms with Crippen molar-refractivity contribution < 1.29 is 9.18 Å². The van der Waals surface area contributed by atoms with Crippen molar-refractivity contribution in [3.8, 4) is 0 Å². The van der Waals surface area contributed by atoms with E-state index in [2.05, 4.69) is 0 Å². The number of halogens is 1. The molecule has 0 bridgehead atoms. The van der Waals surface area contributed by atoms with E-state index in [-0.39, 0.29) is 23.7 Å². The molecule has 1 aliphatic heterocycles. The molecule has 1 saturated carbocycles. The van der Waals surface area contributed by atoms with Crippen LogP contribution in [0.3, 0.4) is 0 Å². The van der Waals surface area contributed by atoms with E-state index in [9.17, 15) is 9.18 Å². The van der Waals surface area contributed by atoms with E-state index < -0.39 is 0 Å². The third-order valence-electron chi connectivity index (χ3n) is 5.45. The number of carbonyl (C=O) groups excluding carboxylic acids is 1. The maximum atomic E-state index is 13.6. The molecule has 0 aromatic heterocycles. The van der Waals surface area contributed by atoms with Gasteiger partial charge >= 0.3 is 0 Å². The monoisotopic (exact) mass is 304 g/mol. The molecule has 1 aromatic rings. The Balaban J connectivity index is 1.53. The van der Waals surface area contributed by atoms with Gasteiger partial charge in [0.25, 0.3) is 0 Å². The molecule has 1 amide bonds. The first-order valence-corrected chi connectivity index (χ1v) is 8.34. The second kappa shape index (κ2) is 6.37. The fourth-order valence-corrected chi connectivity index (χ4v) is 4.00. The number of fused-ring (bicyclic) bond motifs is 1. The van der Waals surface area contributed by atoms with Crippen LogP contribution < -0.4 is 5.73 Å². The predicted octanol–water partition coefficient (Wildman–Crippen LogP) is 2.59. The molecule has 1 aliphatic carbocycles. The minimum Gasteiger partial charge on any atom is -0.342 e. The summed E-state index contributed by atoms with van der Waals surface area (Å²) in [6.07, 6.45) is 3.55. The first kappa shape index (κ1) is 15.5. The molecule has 1 aromatic carbocycles. The Labute approximate surface area is 131 Å². The summed E-state index contributed by atoms with van der Waals surface area (Å²) in [7, 11) is 0.